The molecule has 2 N–H and O–H groups in total. The predicted octanol–water partition coefficient (Wildman–Crippen LogP) is 1.29. The fourth-order valence-electron chi connectivity index (χ4n) is 2.00. The molecular weight excluding hydrogens is 220 g/mol. The van der Waals surface area contributed by atoms with Crippen molar-refractivity contribution < 1.29 is 14.6 Å². The van der Waals surface area contributed by atoms with E-state index in [1.54, 1.807) is 7.11 Å². The summed E-state index contributed by atoms with van der Waals surface area (Å²) in [5, 5.41) is 11.9. The second-order valence-corrected chi connectivity index (χ2v) is 4.36. The van der Waals surface area contributed by atoms with E-state index in [2.05, 4.69) is 10.3 Å². The van der Waals surface area contributed by atoms with Crippen molar-refractivity contribution in [1.82, 2.24) is 5.32 Å². The summed E-state index contributed by atoms with van der Waals surface area (Å²) in [5.41, 5.74) is 0. The topological polar surface area (TPSA) is 70.9 Å². The number of carboxylic acid groups (broad SMARTS) is 1. The van der Waals surface area contributed by atoms with Crippen LogP contribution in [-0.4, -0.2) is 43.7 Å². The van der Waals surface area contributed by atoms with E-state index in [1.807, 2.05) is 0 Å². The number of ether oxygens (including phenoxy) is 1. The van der Waals surface area contributed by atoms with Gasteiger partial charge in [-0.3, -0.25) is 9.79 Å². The first kappa shape index (κ1) is 14.0. The number of nitrogens with zero attached hydrogens (tertiary/aromatic N) is 1. The van der Waals surface area contributed by atoms with Crippen LogP contribution >= 0.6 is 0 Å². The highest BCUT2D eigenvalue weighted by molar-refractivity contribution is 5.80. The number of rotatable bonds is 6. The molecule has 1 rings (SSSR count). The highest BCUT2D eigenvalue weighted by Crippen LogP contribution is 2.15. The van der Waals surface area contributed by atoms with E-state index in [0.29, 0.717) is 12.3 Å². The number of methoxy groups -OCH3 is 1. The average Bonchev–Trinajstić information content (AvgIpc) is 2.34. The van der Waals surface area contributed by atoms with Gasteiger partial charge < -0.3 is 15.2 Å². The molecule has 1 heterocycles. The lowest BCUT2D eigenvalue weighted by atomic mass is 9.95. The summed E-state index contributed by atoms with van der Waals surface area (Å²) < 4.78 is 5.06. The largest absolute Gasteiger partial charge is 0.484 e. The zero-order valence-electron chi connectivity index (χ0n) is 10.4. The van der Waals surface area contributed by atoms with Gasteiger partial charge in [0, 0.05) is 13.0 Å². The monoisotopic (exact) mass is 242 g/mol. The summed E-state index contributed by atoms with van der Waals surface area (Å²) in [6.45, 7) is 2.95. The van der Waals surface area contributed by atoms with E-state index in [4.69, 9.17) is 9.84 Å². The maximum atomic E-state index is 10.4. The number of nitrogens with one attached hydrogen (secondary N) is 1. The molecule has 0 aliphatic carbocycles. The van der Waals surface area contributed by atoms with Gasteiger partial charge in [0.2, 0.25) is 0 Å². The Kier molecular flexibility index (Phi) is 6.62. The number of piperidine rings is 1. The standard InChI is InChI=1S/C12H22N2O3/c1-17-11(2-3-12(15)16)14-9-6-10-4-7-13-8-5-10/h10,13H,2-9H2,1H3,(H,15,16). The van der Waals surface area contributed by atoms with Crippen LogP contribution in [0.25, 0.3) is 0 Å². The van der Waals surface area contributed by atoms with Crippen LogP contribution in [0.4, 0.5) is 0 Å². The lowest BCUT2D eigenvalue weighted by Gasteiger charge is -2.21. The number of hydrogen-bond donors (Lipinski definition) is 2. The minimum Gasteiger partial charge on any atom is -0.484 e. The zero-order chi connectivity index (χ0) is 12.5. The molecule has 0 bridgehead atoms. The van der Waals surface area contributed by atoms with Gasteiger partial charge in [-0.1, -0.05) is 0 Å². The molecule has 0 amide bonds. The molecule has 98 valence electrons. The lowest BCUT2D eigenvalue weighted by Crippen LogP contribution is -2.28. The van der Waals surface area contributed by atoms with E-state index < -0.39 is 5.97 Å². The summed E-state index contributed by atoms with van der Waals surface area (Å²) in [4.78, 5) is 14.7. The molecule has 0 unspecified atom stereocenters. The molecule has 5 heteroatoms. The van der Waals surface area contributed by atoms with E-state index in [9.17, 15) is 4.79 Å². The fraction of sp³-hybridized carbons (Fsp3) is 0.833. The van der Waals surface area contributed by atoms with Crippen LogP contribution < -0.4 is 5.32 Å². The van der Waals surface area contributed by atoms with Gasteiger partial charge in [-0.05, 0) is 38.3 Å². The van der Waals surface area contributed by atoms with Crippen molar-refractivity contribution in [3.05, 3.63) is 0 Å². The van der Waals surface area contributed by atoms with Crippen molar-refractivity contribution in [3.8, 4) is 0 Å². The summed E-state index contributed by atoms with van der Waals surface area (Å²) in [7, 11) is 1.55. The molecule has 1 saturated heterocycles. The minimum absolute atomic E-state index is 0.0834. The molecule has 0 spiro atoms. The highest BCUT2D eigenvalue weighted by Gasteiger charge is 2.12. The number of aliphatic carboxylic acids is 1. The predicted molar refractivity (Wildman–Crippen MR) is 66.4 cm³/mol. The van der Waals surface area contributed by atoms with Crippen LogP contribution in [0.1, 0.15) is 32.1 Å². The molecule has 5 nitrogen and oxygen atoms in total. The van der Waals surface area contributed by atoms with Crippen LogP contribution in [-0.2, 0) is 9.53 Å². The van der Waals surface area contributed by atoms with Crippen LogP contribution in [0.2, 0.25) is 0 Å². The Hall–Kier alpha value is -1.10. The second kappa shape index (κ2) is 8.06. The maximum Gasteiger partial charge on any atom is 0.303 e. The first-order valence-corrected chi connectivity index (χ1v) is 6.22. The molecule has 0 atom stereocenters. The van der Waals surface area contributed by atoms with Gasteiger partial charge in [0.25, 0.3) is 0 Å². The Morgan fingerprint density at radius 3 is 2.71 bits per heavy atom. The minimum atomic E-state index is -0.812. The molecule has 1 aliphatic heterocycles. The van der Waals surface area contributed by atoms with Crippen molar-refractivity contribution >= 4 is 11.9 Å². The van der Waals surface area contributed by atoms with Gasteiger partial charge in [-0.2, -0.15) is 0 Å². The van der Waals surface area contributed by atoms with E-state index in [0.717, 1.165) is 32.0 Å². The normalized spacial score (nSPS) is 18.1. The number of carbonyl (C=O) groups is 1. The maximum absolute atomic E-state index is 10.4. The van der Waals surface area contributed by atoms with Gasteiger partial charge in [0.15, 0.2) is 5.90 Å². The third kappa shape index (κ3) is 6.26. The third-order valence-corrected chi connectivity index (χ3v) is 3.07. The van der Waals surface area contributed by atoms with Crippen molar-refractivity contribution in [1.29, 1.82) is 0 Å². The van der Waals surface area contributed by atoms with Crippen LogP contribution in [0.5, 0.6) is 0 Å². The van der Waals surface area contributed by atoms with E-state index >= 15 is 0 Å². The second-order valence-electron chi connectivity index (χ2n) is 4.36. The Morgan fingerprint density at radius 1 is 1.41 bits per heavy atom. The first-order chi connectivity index (χ1) is 8.22. The molecule has 1 aliphatic rings. The first-order valence-electron chi connectivity index (χ1n) is 6.22. The van der Waals surface area contributed by atoms with Gasteiger partial charge in [-0.15, -0.1) is 0 Å². The smallest absolute Gasteiger partial charge is 0.303 e. The SMILES string of the molecule is COC(CCC(=O)O)=NCCC1CCNCC1. The molecule has 0 radical (unpaired) electrons. The Balaban J connectivity index is 2.21. The summed E-state index contributed by atoms with van der Waals surface area (Å²) in [6, 6.07) is 0. The van der Waals surface area contributed by atoms with Crippen molar-refractivity contribution in [3.63, 3.8) is 0 Å². The van der Waals surface area contributed by atoms with E-state index in [1.165, 1.54) is 12.8 Å². The zero-order valence-corrected chi connectivity index (χ0v) is 10.4. The van der Waals surface area contributed by atoms with Crippen molar-refractivity contribution in [2.75, 3.05) is 26.7 Å². The summed E-state index contributed by atoms with van der Waals surface area (Å²) in [6.07, 6.45) is 3.97. The number of aliphatic imine (C=N–C) groups is 1. The number of carboxylic acids is 1. The molecule has 1 fully saturated rings. The Morgan fingerprint density at radius 2 is 2.12 bits per heavy atom. The molecular formula is C12H22N2O3. The molecule has 17 heavy (non-hydrogen) atoms. The fourth-order valence-corrected chi connectivity index (χ4v) is 2.00. The van der Waals surface area contributed by atoms with E-state index in [-0.39, 0.29) is 6.42 Å². The lowest BCUT2D eigenvalue weighted by molar-refractivity contribution is -0.136. The average molecular weight is 242 g/mol. The Bertz CT molecular complexity index is 260. The van der Waals surface area contributed by atoms with Gasteiger partial charge in [-0.25, -0.2) is 0 Å². The Labute approximate surface area is 102 Å². The quantitative estimate of drug-likeness (QED) is 0.544. The van der Waals surface area contributed by atoms with Crippen molar-refractivity contribution in [2.24, 2.45) is 10.9 Å². The molecule has 0 saturated carbocycles. The molecule has 0 aromatic rings. The summed E-state index contributed by atoms with van der Waals surface area (Å²) >= 11 is 0. The van der Waals surface area contributed by atoms with Crippen LogP contribution in [0.3, 0.4) is 0 Å². The van der Waals surface area contributed by atoms with Gasteiger partial charge >= 0.3 is 5.97 Å². The van der Waals surface area contributed by atoms with Crippen LogP contribution in [0.15, 0.2) is 4.99 Å². The highest BCUT2D eigenvalue weighted by atomic mass is 16.5. The molecule has 0 aromatic heterocycles. The number of hydrogen-bond acceptors (Lipinski definition) is 4. The molecule has 0 aromatic carbocycles. The summed E-state index contributed by atoms with van der Waals surface area (Å²) in [5.74, 6) is 0.493. The van der Waals surface area contributed by atoms with Crippen LogP contribution in [0, 0.1) is 5.92 Å². The van der Waals surface area contributed by atoms with Gasteiger partial charge in [0.05, 0.1) is 13.5 Å². The third-order valence-electron chi connectivity index (χ3n) is 3.07. The van der Waals surface area contributed by atoms with Crippen molar-refractivity contribution in [2.45, 2.75) is 32.1 Å². The van der Waals surface area contributed by atoms with Gasteiger partial charge in [0.1, 0.15) is 0 Å².